The summed E-state index contributed by atoms with van der Waals surface area (Å²) >= 11 is 0. The van der Waals surface area contributed by atoms with Gasteiger partial charge in [0.05, 0.1) is 0 Å². The average molecular weight is 210 g/mol. The lowest BCUT2D eigenvalue weighted by Crippen LogP contribution is -1.95. The number of hydrogen-bond donors (Lipinski definition) is 1. The van der Waals surface area contributed by atoms with Crippen molar-refractivity contribution >= 4 is 11.5 Å². The SMILES string of the molecule is Cc1ccc(Nc2cc(C#N)ncn2)cc1. The van der Waals surface area contributed by atoms with Crippen LogP contribution >= 0.6 is 0 Å². The number of hydrogen-bond acceptors (Lipinski definition) is 4. The van der Waals surface area contributed by atoms with E-state index >= 15 is 0 Å². The number of nitrogens with one attached hydrogen (secondary N) is 1. The molecule has 0 fully saturated rings. The van der Waals surface area contributed by atoms with Gasteiger partial charge >= 0.3 is 0 Å². The molecule has 1 aromatic carbocycles. The van der Waals surface area contributed by atoms with E-state index in [1.807, 2.05) is 37.3 Å². The molecule has 0 atom stereocenters. The van der Waals surface area contributed by atoms with Crippen molar-refractivity contribution in [3.05, 3.63) is 47.9 Å². The minimum Gasteiger partial charge on any atom is -0.340 e. The molecule has 1 N–H and O–H groups in total. The van der Waals surface area contributed by atoms with Crippen LogP contribution in [0.5, 0.6) is 0 Å². The maximum Gasteiger partial charge on any atom is 0.145 e. The Balaban J connectivity index is 2.21. The highest BCUT2D eigenvalue weighted by Gasteiger charge is 1.98. The Morgan fingerprint density at radius 3 is 2.62 bits per heavy atom. The molecule has 0 aliphatic heterocycles. The van der Waals surface area contributed by atoms with Crippen LogP contribution in [0, 0.1) is 18.3 Å². The van der Waals surface area contributed by atoms with Gasteiger partial charge < -0.3 is 5.32 Å². The van der Waals surface area contributed by atoms with E-state index in [0.29, 0.717) is 11.5 Å². The van der Waals surface area contributed by atoms with Crippen LogP contribution < -0.4 is 5.32 Å². The number of anilines is 2. The molecular formula is C12H10N4. The van der Waals surface area contributed by atoms with E-state index in [9.17, 15) is 0 Å². The first-order valence-electron chi connectivity index (χ1n) is 4.84. The Labute approximate surface area is 93.6 Å². The van der Waals surface area contributed by atoms with E-state index in [1.54, 1.807) is 6.07 Å². The molecule has 1 aromatic heterocycles. The van der Waals surface area contributed by atoms with E-state index < -0.39 is 0 Å². The monoisotopic (exact) mass is 210 g/mol. The Bertz CT molecular complexity index is 525. The van der Waals surface area contributed by atoms with Crippen molar-refractivity contribution in [1.82, 2.24) is 9.97 Å². The van der Waals surface area contributed by atoms with Crippen molar-refractivity contribution in [2.24, 2.45) is 0 Å². The average Bonchev–Trinajstić information content (AvgIpc) is 2.32. The van der Waals surface area contributed by atoms with Crippen molar-refractivity contribution in [2.45, 2.75) is 6.92 Å². The van der Waals surface area contributed by atoms with Crippen LogP contribution in [0.1, 0.15) is 11.3 Å². The second kappa shape index (κ2) is 4.41. The molecule has 0 saturated heterocycles. The largest absolute Gasteiger partial charge is 0.340 e. The Morgan fingerprint density at radius 1 is 1.19 bits per heavy atom. The van der Waals surface area contributed by atoms with E-state index in [1.165, 1.54) is 11.9 Å². The second-order valence-electron chi connectivity index (χ2n) is 3.39. The fourth-order valence-electron chi connectivity index (χ4n) is 1.27. The molecule has 2 rings (SSSR count). The minimum atomic E-state index is 0.351. The number of nitriles is 1. The first kappa shape index (κ1) is 10.1. The van der Waals surface area contributed by atoms with E-state index in [-0.39, 0.29) is 0 Å². The molecule has 0 aliphatic rings. The normalized spacial score (nSPS) is 9.50. The molecule has 0 aliphatic carbocycles. The summed E-state index contributed by atoms with van der Waals surface area (Å²) < 4.78 is 0. The van der Waals surface area contributed by atoms with Crippen LogP contribution in [0.2, 0.25) is 0 Å². The van der Waals surface area contributed by atoms with Gasteiger partial charge in [0.25, 0.3) is 0 Å². The van der Waals surface area contributed by atoms with Gasteiger partial charge in [0.1, 0.15) is 23.9 Å². The molecule has 4 nitrogen and oxygen atoms in total. The maximum atomic E-state index is 8.70. The zero-order chi connectivity index (χ0) is 11.4. The Kier molecular flexibility index (Phi) is 2.79. The summed E-state index contributed by atoms with van der Waals surface area (Å²) in [4.78, 5) is 7.83. The highest BCUT2D eigenvalue weighted by molar-refractivity contribution is 5.56. The summed E-state index contributed by atoms with van der Waals surface area (Å²) in [5.41, 5.74) is 2.49. The molecule has 0 unspecified atom stereocenters. The molecule has 1 heterocycles. The van der Waals surface area contributed by atoms with Crippen LogP contribution in [0.15, 0.2) is 36.7 Å². The molecule has 0 radical (unpaired) electrons. The van der Waals surface area contributed by atoms with Gasteiger partial charge in [0.15, 0.2) is 0 Å². The van der Waals surface area contributed by atoms with Gasteiger partial charge in [-0.25, -0.2) is 9.97 Å². The van der Waals surface area contributed by atoms with Gasteiger partial charge in [0, 0.05) is 11.8 Å². The summed E-state index contributed by atoms with van der Waals surface area (Å²) in [5, 5.41) is 11.8. The van der Waals surface area contributed by atoms with Crippen molar-refractivity contribution in [3.8, 4) is 6.07 Å². The van der Waals surface area contributed by atoms with Crippen LogP contribution in [0.3, 0.4) is 0 Å². The standard InChI is InChI=1S/C12H10N4/c1-9-2-4-10(5-3-9)16-12-6-11(7-13)14-8-15-12/h2-6,8H,1H3,(H,14,15,16). The number of benzene rings is 1. The number of nitrogens with zero attached hydrogens (tertiary/aromatic N) is 3. The smallest absolute Gasteiger partial charge is 0.145 e. The van der Waals surface area contributed by atoms with E-state index in [2.05, 4.69) is 15.3 Å². The summed E-state index contributed by atoms with van der Waals surface area (Å²) in [6, 6.07) is 11.5. The van der Waals surface area contributed by atoms with Gasteiger partial charge in [-0.2, -0.15) is 5.26 Å². The Hall–Kier alpha value is -2.41. The van der Waals surface area contributed by atoms with Crippen molar-refractivity contribution in [2.75, 3.05) is 5.32 Å². The third-order valence-corrected chi connectivity index (χ3v) is 2.11. The predicted molar refractivity (Wildman–Crippen MR) is 61.2 cm³/mol. The van der Waals surface area contributed by atoms with Gasteiger partial charge in [-0.3, -0.25) is 0 Å². The van der Waals surface area contributed by atoms with Gasteiger partial charge in [0.2, 0.25) is 0 Å². The van der Waals surface area contributed by atoms with Crippen LogP contribution in [0.4, 0.5) is 11.5 Å². The third-order valence-electron chi connectivity index (χ3n) is 2.11. The number of aromatic nitrogens is 2. The lowest BCUT2D eigenvalue weighted by molar-refractivity contribution is 1.14. The fourth-order valence-corrected chi connectivity index (χ4v) is 1.27. The maximum absolute atomic E-state index is 8.70. The predicted octanol–water partition coefficient (Wildman–Crippen LogP) is 2.40. The topological polar surface area (TPSA) is 61.6 Å². The van der Waals surface area contributed by atoms with Crippen LogP contribution in [0.25, 0.3) is 0 Å². The zero-order valence-electron chi connectivity index (χ0n) is 8.81. The van der Waals surface area contributed by atoms with Crippen molar-refractivity contribution in [1.29, 1.82) is 5.26 Å². The summed E-state index contributed by atoms with van der Waals surface area (Å²) in [6.45, 7) is 2.03. The third kappa shape index (κ3) is 2.34. The van der Waals surface area contributed by atoms with Crippen LogP contribution in [-0.2, 0) is 0 Å². The van der Waals surface area contributed by atoms with Crippen molar-refractivity contribution < 1.29 is 0 Å². The minimum absolute atomic E-state index is 0.351. The van der Waals surface area contributed by atoms with Gasteiger partial charge in [-0.1, -0.05) is 17.7 Å². The molecule has 0 saturated carbocycles. The first-order valence-corrected chi connectivity index (χ1v) is 4.84. The quantitative estimate of drug-likeness (QED) is 0.826. The highest BCUT2D eigenvalue weighted by atomic mass is 15.0. The number of rotatable bonds is 2. The summed E-state index contributed by atoms with van der Waals surface area (Å²) in [6.07, 6.45) is 1.37. The highest BCUT2D eigenvalue weighted by Crippen LogP contribution is 2.14. The fraction of sp³-hybridized carbons (Fsp3) is 0.0833. The lowest BCUT2D eigenvalue weighted by Gasteiger charge is -2.05. The summed E-state index contributed by atoms with van der Waals surface area (Å²) in [5.74, 6) is 0.621. The first-order chi connectivity index (χ1) is 7.78. The molecule has 16 heavy (non-hydrogen) atoms. The van der Waals surface area contributed by atoms with E-state index in [0.717, 1.165) is 5.69 Å². The summed E-state index contributed by atoms with van der Waals surface area (Å²) in [7, 11) is 0. The molecule has 0 bridgehead atoms. The molecular weight excluding hydrogens is 200 g/mol. The van der Waals surface area contributed by atoms with Gasteiger partial charge in [-0.15, -0.1) is 0 Å². The Morgan fingerprint density at radius 2 is 1.94 bits per heavy atom. The lowest BCUT2D eigenvalue weighted by atomic mass is 10.2. The van der Waals surface area contributed by atoms with Crippen molar-refractivity contribution in [3.63, 3.8) is 0 Å². The second-order valence-corrected chi connectivity index (χ2v) is 3.39. The molecule has 78 valence electrons. The van der Waals surface area contributed by atoms with Gasteiger partial charge in [-0.05, 0) is 19.1 Å². The zero-order valence-corrected chi connectivity index (χ0v) is 8.81. The van der Waals surface area contributed by atoms with Crippen LogP contribution in [-0.4, -0.2) is 9.97 Å². The van der Waals surface area contributed by atoms with E-state index in [4.69, 9.17) is 5.26 Å². The number of aryl methyl sites for hydroxylation is 1. The molecule has 0 spiro atoms. The molecule has 0 amide bonds. The molecule has 4 heteroatoms. The molecule has 2 aromatic rings.